The van der Waals surface area contributed by atoms with E-state index in [1.807, 2.05) is 0 Å². The highest BCUT2D eigenvalue weighted by atomic mass is 28.4. The highest BCUT2D eigenvalue weighted by Crippen LogP contribution is 2.47. The van der Waals surface area contributed by atoms with Crippen LogP contribution in [0.3, 0.4) is 0 Å². The summed E-state index contributed by atoms with van der Waals surface area (Å²) >= 11 is 0. The van der Waals surface area contributed by atoms with Gasteiger partial charge in [0.15, 0.2) is 0 Å². The molecule has 0 aromatic carbocycles. The van der Waals surface area contributed by atoms with Crippen molar-refractivity contribution in [3.63, 3.8) is 0 Å². The first-order chi connectivity index (χ1) is 8.39. The van der Waals surface area contributed by atoms with Crippen molar-refractivity contribution in [2.75, 3.05) is 0 Å². The van der Waals surface area contributed by atoms with E-state index in [1.54, 1.807) is 0 Å². The predicted molar refractivity (Wildman–Crippen MR) is 81.2 cm³/mol. The largest absolute Gasteiger partial charge is 0.411 e. The van der Waals surface area contributed by atoms with Gasteiger partial charge in [0.25, 0.3) is 0 Å². The quantitative estimate of drug-likeness (QED) is 0.506. The van der Waals surface area contributed by atoms with Crippen molar-refractivity contribution in [3.8, 4) is 0 Å². The van der Waals surface area contributed by atoms with Crippen molar-refractivity contribution in [2.45, 2.75) is 64.3 Å². The van der Waals surface area contributed by atoms with Gasteiger partial charge >= 0.3 is 0 Å². The van der Waals surface area contributed by atoms with Gasteiger partial charge in [-0.05, 0) is 16.6 Å². The molecule has 0 aromatic rings. The zero-order chi connectivity index (χ0) is 13.5. The molecule has 2 rings (SSSR count). The Hall–Kier alpha value is -0.343. The molecule has 2 bridgehead atoms. The maximum atomic E-state index is 6.88. The Kier molecular flexibility index (Phi) is 3.89. The van der Waals surface area contributed by atoms with E-state index in [0.29, 0.717) is 34.6 Å². The summed E-state index contributed by atoms with van der Waals surface area (Å²) in [6, 6.07) is 0. The van der Waals surface area contributed by atoms with Crippen LogP contribution in [0.25, 0.3) is 0 Å². The average Bonchev–Trinajstić information content (AvgIpc) is 2.83. The first-order valence-electron chi connectivity index (χ1n) is 7.44. The molecule has 2 heteroatoms. The van der Waals surface area contributed by atoms with E-state index >= 15 is 0 Å². The lowest BCUT2D eigenvalue weighted by molar-refractivity contribution is 0.146. The molecule has 0 heterocycles. The molecule has 0 fully saturated rings. The van der Waals surface area contributed by atoms with Crippen LogP contribution in [-0.2, 0) is 4.43 Å². The summed E-state index contributed by atoms with van der Waals surface area (Å²) in [6.07, 6.45) is 9.72. The Balaban J connectivity index is 2.21. The van der Waals surface area contributed by atoms with Crippen LogP contribution in [0.2, 0.25) is 16.6 Å². The number of hydrogen-bond acceptors (Lipinski definition) is 1. The third-order valence-corrected chi connectivity index (χ3v) is 11.0. The summed E-state index contributed by atoms with van der Waals surface area (Å²) in [5.74, 6) is 1.08. The summed E-state index contributed by atoms with van der Waals surface area (Å²) in [5.41, 5.74) is 2.03. The monoisotopic (exact) mass is 264 g/mol. The first kappa shape index (κ1) is 14.1. The fourth-order valence-corrected chi connectivity index (χ4v) is 9.74. The minimum absolute atomic E-state index is 0.406. The van der Waals surface area contributed by atoms with E-state index in [-0.39, 0.29) is 0 Å². The fraction of sp³-hybridized carbons (Fsp3) is 0.750. The summed E-state index contributed by atoms with van der Waals surface area (Å²) in [6.45, 7) is 14.2. The molecule has 0 aliphatic heterocycles. The van der Waals surface area contributed by atoms with Gasteiger partial charge in [-0.3, -0.25) is 0 Å². The van der Waals surface area contributed by atoms with Crippen LogP contribution in [0.15, 0.2) is 24.3 Å². The average molecular weight is 264 g/mol. The van der Waals surface area contributed by atoms with Gasteiger partial charge in [0.05, 0.1) is 6.10 Å². The molecule has 18 heavy (non-hydrogen) atoms. The topological polar surface area (TPSA) is 9.23 Å². The number of rotatable bonds is 5. The zero-order valence-corrected chi connectivity index (χ0v) is 13.7. The second-order valence-corrected chi connectivity index (χ2v) is 12.2. The molecule has 1 nitrogen and oxygen atoms in total. The molecule has 2 aliphatic carbocycles. The van der Waals surface area contributed by atoms with Gasteiger partial charge in [0.1, 0.15) is 0 Å². The number of fused-ring (bicyclic) bond motifs is 2. The lowest BCUT2D eigenvalue weighted by atomic mass is 10.1. The van der Waals surface area contributed by atoms with Crippen LogP contribution < -0.4 is 0 Å². The van der Waals surface area contributed by atoms with Gasteiger partial charge < -0.3 is 4.43 Å². The Bertz CT molecular complexity index is 302. The minimum atomic E-state index is -1.72. The van der Waals surface area contributed by atoms with E-state index in [1.165, 1.54) is 0 Å². The van der Waals surface area contributed by atoms with Crippen molar-refractivity contribution in [2.24, 2.45) is 11.8 Å². The molecule has 0 radical (unpaired) electrons. The van der Waals surface area contributed by atoms with E-state index in [2.05, 4.69) is 65.8 Å². The van der Waals surface area contributed by atoms with Gasteiger partial charge in [0.2, 0.25) is 8.32 Å². The third-order valence-electron chi connectivity index (χ3n) is 4.92. The zero-order valence-electron chi connectivity index (χ0n) is 12.7. The molecule has 0 aromatic heterocycles. The molecule has 0 spiro atoms. The summed E-state index contributed by atoms with van der Waals surface area (Å²) in [7, 11) is -1.72. The molecule has 0 amide bonds. The first-order valence-corrected chi connectivity index (χ1v) is 9.58. The highest BCUT2D eigenvalue weighted by Gasteiger charge is 2.49. The van der Waals surface area contributed by atoms with Gasteiger partial charge in [-0.1, -0.05) is 65.8 Å². The molecule has 0 saturated carbocycles. The molecule has 0 unspecified atom stereocenters. The SMILES string of the molecule is CC(C)[Si](OC1C2C=CC1C=C2)(C(C)C)C(C)C. The molecule has 0 saturated heterocycles. The lowest BCUT2D eigenvalue weighted by Crippen LogP contribution is -2.51. The van der Waals surface area contributed by atoms with Gasteiger partial charge in [-0.2, -0.15) is 0 Å². The Labute approximate surface area is 113 Å². The molecule has 2 aliphatic rings. The third kappa shape index (κ3) is 2.03. The molecular weight excluding hydrogens is 236 g/mol. The van der Waals surface area contributed by atoms with Crippen molar-refractivity contribution >= 4 is 8.32 Å². The van der Waals surface area contributed by atoms with Crippen LogP contribution in [0.1, 0.15) is 41.5 Å². The Morgan fingerprint density at radius 1 is 0.722 bits per heavy atom. The van der Waals surface area contributed by atoms with Crippen molar-refractivity contribution in [1.82, 2.24) is 0 Å². The summed E-state index contributed by atoms with van der Waals surface area (Å²) in [5, 5.41) is 0. The Morgan fingerprint density at radius 2 is 1.06 bits per heavy atom. The normalized spacial score (nSPS) is 30.4. The van der Waals surface area contributed by atoms with Crippen LogP contribution in [-0.4, -0.2) is 14.4 Å². The molecular formula is C16H28OSi. The standard InChI is InChI=1S/C16H28OSi/c1-11(2)18(12(3)4,13(5)6)17-16-14-7-8-15(16)10-9-14/h7-16H,1-6H3. The predicted octanol–water partition coefficient (Wildman–Crippen LogP) is 4.92. The second kappa shape index (κ2) is 4.97. The van der Waals surface area contributed by atoms with Gasteiger partial charge in [0, 0.05) is 11.8 Å². The van der Waals surface area contributed by atoms with E-state index < -0.39 is 8.32 Å². The number of hydrogen-bond donors (Lipinski definition) is 0. The van der Waals surface area contributed by atoms with Crippen LogP contribution in [0.4, 0.5) is 0 Å². The van der Waals surface area contributed by atoms with Crippen LogP contribution >= 0.6 is 0 Å². The van der Waals surface area contributed by atoms with E-state index in [0.717, 1.165) is 0 Å². The molecule has 0 atom stereocenters. The molecule has 0 N–H and O–H groups in total. The van der Waals surface area contributed by atoms with Gasteiger partial charge in [-0.25, -0.2) is 0 Å². The van der Waals surface area contributed by atoms with Crippen molar-refractivity contribution in [3.05, 3.63) is 24.3 Å². The Morgan fingerprint density at radius 3 is 1.33 bits per heavy atom. The lowest BCUT2D eigenvalue weighted by Gasteiger charge is -2.45. The smallest absolute Gasteiger partial charge is 0.200 e. The van der Waals surface area contributed by atoms with E-state index in [4.69, 9.17) is 4.43 Å². The minimum Gasteiger partial charge on any atom is -0.411 e. The summed E-state index contributed by atoms with van der Waals surface area (Å²) < 4.78 is 6.88. The fourth-order valence-electron chi connectivity index (χ4n) is 4.14. The van der Waals surface area contributed by atoms with Gasteiger partial charge in [-0.15, -0.1) is 0 Å². The van der Waals surface area contributed by atoms with Crippen LogP contribution in [0.5, 0.6) is 0 Å². The summed E-state index contributed by atoms with van der Waals surface area (Å²) in [4.78, 5) is 0. The maximum absolute atomic E-state index is 6.88. The van der Waals surface area contributed by atoms with Crippen LogP contribution in [0, 0.1) is 11.8 Å². The molecule has 102 valence electrons. The highest BCUT2D eigenvalue weighted by molar-refractivity contribution is 6.77. The second-order valence-electron chi connectivity index (χ2n) is 6.82. The van der Waals surface area contributed by atoms with Crippen molar-refractivity contribution < 1.29 is 4.43 Å². The maximum Gasteiger partial charge on any atom is 0.200 e. The van der Waals surface area contributed by atoms with E-state index in [9.17, 15) is 0 Å². The van der Waals surface area contributed by atoms with Crippen molar-refractivity contribution in [1.29, 1.82) is 0 Å².